The fourth-order valence-corrected chi connectivity index (χ4v) is 4.18. The van der Waals surface area contributed by atoms with Crippen molar-refractivity contribution in [3.63, 3.8) is 0 Å². The van der Waals surface area contributed by atoms with Crippen LogP contribution in [-0.2, 0) is 20.0 Å². The van der Waals surface area contributed by atoms with Crippen LogP contribution in [0.15, 0.2) is 18.2 Å². The van der Waals surface area contributed by atoms with Crippen LogP contribution >= 0.6 is 0 Å². The highest BCUT2D eigenvalue weighted by Crippen LogP contribution is 2.53. The highest BCUT2D eigenvalue weighted by atomic mass is 16.7. The van der Waals surface area contributed by atoms with Crippen LogP contribution in [0, 0.1) is 17.8 Å². The molecule has 0 aliphatic heterocycles. The molecule has 1 aliphatic rings. The van der Waals surface area contributed by atoms with Crippen LogP contribution < -0.4 is 9.47 Å². The quantitative estimate of drug-likeness (QED) is 0.388. The molecule has 170 valence electrons. The van der Waals surface area contributed by atoms with Gasteiger partial charge in [-0.3, -0.25) is 0 Å². The van der Waals surface area contributed by atoms with Gasteiger partial charge in [-0.05, 0) is 42.9 Å². The van der Waals surface area contributed by atoms with Gasteiger partial charge in [0.2, 0.25) is 5.79 Å². The molecule has 0 saturated carbocycles. The van der Waals surface area contributed by atoms with Crippen molar-refractivity contribution in [3.05, 3.63) is 29.3 Å². The van der Waals surface area contributed by atoms with Crippen molar-refractivity contribution in [1.29, 1.82) is 0 Å². The molecule has 5 heteroatoms. The van der Waals surface area contributed by atoms with Crippen molar-refractivity contribution in [2.75, 3.05) is 35.0 Å². The molecule has 5 nitrogen and oxygen atoms in total. The highest BCUT2D eigenvalue weighted by molar-refractivity contribution is 5.75. The summed E-state index contributed by atoms with van der Waals surface area (Å²) in [6.07, 6.45) is 6.26. The minimum atomic E-state index is -0.955. The zero-order valence-electron chi connectivity index (χ0n) is 20.0. The Morgan fingerprint density at radius 3 is 2.03 bits per heavy atom. The van der Waals surface area contributed by atoms with Gasteiger partial charge < -0.3 is 23.7 Å². The molecule has 1 aromatic carbocycles. The molecule has 0 heterocycles. The van der Waals surface area contributed by atoms with Gasteiger partial charge in [0, 0.05) is 13.0 Å². The second-order valence-electron chi connectivity index (χ2n) is 8.79. The minimum absolute atomic E-state index is 0.00290. The number of rotatable bonds is 12. The fourth-order valence-electron chi connectivity index (χ4n) is 4.18. The van der Waals surface area contributed by atoms with E-state index in [2.05, 4.69) is 33.8 Å². The average Bonchev–Trinajstić information content (AvgIpc) is 2.72. The lowest BCUT2D eigenvalue weighted by molar-refractivity contribution is -0.260. The monoisotopic (exact) mass is 420 g/mol. The molecule has 0 radical (unpaired) electrons. The van der Waals surface area contributed by atoms with Gasteiger partial charge in [-0.1, -0.05) is 40.5 Å². The van der Waals surface area contributed by atoms with E-state index in [1.807, 2.05) is 12.1 Å². The van der Waals surface area contributed by atoms with Crippen LogP contribution in [0.2, 0.25) is 0 Å². The summed E-state index contributed by atoms with van der Waals surface area (Å²) in [5.41, 5.74) is 1.69. The smallest absolute Gasteiger partial charge is 0.205 e. The average molecular weight is 421 g/mol. The van der Waals surface area contributed by atoms with Crippen LogP contribution in [0.5, 0.6) is 11.5 Å². The van der Waals surface area contributed by atoms with Crippen LogP contribution in [0.1, 0.15) is 64.5 Å². The molecule has 2 rings (SSSR count). The molecule has 0 saturated heterocycles. The number of hydrogen-bond acceptors (Lipinski definition) is 5. The number of ether oxygens (including phenoxy) is 5. The van der Waals surface area contributed by atoms with Gasteiger partial charge in [0.05, 0.1) is 39.1 Å². The lowest BCUT2D eigenvalue weighted by Crippen LogP contribution is -2.43. The fraction of sp³-hybridized carbons (Fsp3) is 0.680. The number of methoxy groups -OCH3 is 4. The Morgan fingerprint density at radius 2 is 1.50 bits per heavy atom. The molecule has 0 bridgehead atoms. The molecule has 30 heavy (non-hydrogen) atoms. The van der Waals surface area contributed by atoms with Crippen molar-refractivity contribution >= 4 is 5.76 Å². The summed E-state index contributed by atoms with van der Waals surface area (Å²) in [5.74, 6) is 2.44. The molecular weight excluding hydrogens is 380 g/mol. The van der Waals surface area contributed by atoms with Gasteiger partial charge in [-0.15, -0.1) is 0 Å². The first-order chi connectivity index (χ1) is 14.3. The van der Waals surface area contributed by atoms with Gasteiger partial charge >= 0.3 is 0 Å². The maximum Gasteiger partial charge on any atom is 0.205 e. The highest BCUT2D eigenvalue weighted by Gasteiger charge is 2.49. The third kappa shape index (κ3) is 5.12. The Morgan fingerprint density at radius 1 is 0.867 bits per heavy atom. The maximum absolute atomic E-state index is 6.60. The van der Waals surface area contributed by atoms with Gasteiger partial charge in [0.15, 0.2) is 0 Å². The third-order valence-electron chi connectivity index (χ3n) is 5.84. The predicted octanol–water partition coefficient (Wildman–Crippen LogP) is 6.01. The molecule has 2 unspecified atom stereocenters. The van der Waals surface area contributed by atoms with Crippen LogP contribution in [0.3, 0.4) is 0 Å². The van der Waals surface area contributed by atoms with Crippen LogP contribution in [0.25, 0.3) is 5.76 Å². The second-order valence-corrected chi connectivity index (χ2v) is 8.79. The van der Waals surface area contributed by atoms with Crippen molar-refractivity contribution in [2.24, 2.45) is 17.8 Å². The first-order valence-electron chi connectivity index (χ1n) is 11.0. The zero-order valence-corrected chi connectivity index (χ0v) is 20.0. The maximum atomic E-state index is 6.60. The molecule has 0 N–H and O–H groups in total. The van der Waals surface area contributed by atoms with E-state index in [4.69, 9.17) is 23.7 Å². The molecule has 1 aromatic rings. The molecule has 2 atom stereocenters. The number of fused-ring (bicyclic) bond motifs is 1. The van der Waals surface area contributed by atoms with E-state index in [1.54, 1.807) is 28.4 Å². The Balaban J connectivity index is 2.63. The van der Waals surface area contributed by atoms with E-state index < -0.39 is 5.79 Å². The van der Waals surface area contributed by atoms with Crippen LogP contribution in [0.4, 0.5) is 0 Å². The van der Waals surface area contributed by atoms with E-state index in [1.165, 1.54) is 0 Å². The van der Waals surface area contributed by atoms with Gasteiger partial charge in [0.1, 0.15) is 17.3 Å². The Kier molecular flexibility index (Phi) is 9.05. The van der Waals surface area contributed by atoms with E-state index in [9.17, 15) is 0 Å². The minimum Gasteiger partial charge on any atom is -0.496 e. The number of hydrogen-bond donors (Lipinski definition) is 0. The standard InChI is InChI=1S/C25H40O5/c1-17(2)10-9-11-19-16-22(28-7)23-20(26-5)12-13-21(27-6)24(23)25(19,29-8)30-15-14-18(3)4/h12-13,16-19H,9-11,14-15H2,1-8H3. The van der Waals surface area contributed by atoms with E-state index in [-0.39, 0.29) is 5.92 Å². The Hall–Kier alpha value is -1.72. The van der Waals surface area contributed by atoms with Crippen molar-refractivity contribution in [2.45, 2.75) is 59.2 Å². The van der Waals surface area contributed by atoms with Crippen LogP contribution in [-0.4, -0.2) is 35.0 Å². The Bertz CT molecular complexity index is 710. The lowest BCUT2D eigenvalue weighted by Gasteiger charge is -2.43. The third-order valence-corrected chi connectivity index (χ3v) is 5.84. The summed E-state index contributed by atoms with van der Waals surface area (Å²) < 4.78 is 30.1. The topological polar surface area (TPSA) is 46.2 Å². The summed E-state index contributed by atoms with van der Waals surface area (Å²) in [4.78, 5) is 0. The summed E-state index contributed by atoms with van der Waals surface area (Å²) in [6, 6.07) is 3.82. The van der Waals surface area contributed by atoms with Crippen molar-refractivity contribution in [3.8, 4) is 11.5 Å². The van der Waals surface area contributed by atoms with Crippen molar-refractivity contribution < 1.29 is 23.7 Å². The second kappa shape index (κ2) is 11.1. The molecule has 0 amide bonds. The lowest BCUT2D eigenvalue weighted by atomic mass is 9.78. The first-order valence-corrected chi connectivity index (χ1v) is 11.0. The van der Waals surface area contributed by atoms with Gasteiger partial charge in [-0.25, -0.2) is 0 Å². The van der Waals surface area contributed by atoms with E-state index in [0.29, 0.717) is 29.9 Å². The molecule has 0 aromatic heterocycles. The van der Waals surface area contributed by atoms with Gasteiger partial charge in [-0.2, -0.15) is 0 Å². The summed E-state index contributed by atoms with van der Waals surface area (Å²) in [5, 5.41) is 0. The Labute approximate surface area is 182 Å². The van der Waals surface area contributed by atoms with E-state index >= 15 is 0 Å². The van der Waals surface area contributed by atoms with E-state index in [0.717, 1.165) is 42.6 Å². The molecule has 0 spiro atoms. The summed E-state index contributed by atoms with van der Waals surface area (Å²) in [7, 11) is 6.76. The predicted molar refractivity (Wildman–Crippen MR) is 121 cm³/mol. The largest absolute Gasteiger partial charge is 0.496 e. The van der Waals surface area contributed by atoms with Gasteiger partial charge in [0.25, 0.3) is 0 Å². The summed E-state index contributed by atoms with van der Waals surface area (Å²) in [6.45, 7) is 9.50. The first kappa shape index (κ1) is 24.5. The number of benzene rings is 1. The zero-order chi connectivity index (χ0) is 22.3. The molecular formula is C25H40O5. The van der Waals surface area contributed by atoms with Crippen molar-refractivity contribution in [1.82, 2.24) is 0 Å². The summed E-state index contributed by atoms with van der Waals surface area (Å²) >= 11 is 0. The molecule has 0 fully saturated rings. The normalized spacial score (nSPS) is 20.9. The molecule has 1 aliphatic carbocycles. The SMILES string of the molecule is COC1=CC(CCCC(C)C)C(OC)(OCCC(C)C)c2c(OC)ccc(OC)c21.